The Hall–Kier alpha value is -2.37. The van der Waals surface area contributed by atoms with Crippen LogP contribution in [0.15, 0.2) is 24.4 Å². The van der Waals surface area contributed by atoms with Crippen LogP contribution >= 0.6 is 0 Å². The predicted molar refractivity (Wildman–Crippen MR) is 104 cm³/mol. The van der Waals surface area contributed by atoms with Crippen LogP contribution in [0.25, 0.3) is 5.65 Å². The van der Waals surface area contributed by atoms with E-state index in [0.29, 0.717) is 23.0 Å². The van der Waals surface area contributed by atoms with Crippen LogP contribution in [0.3, 0.4) is 0 Å². The van der Waals surface area contributed by atoms with Crippen LogP contribution in [-0.4, -0.2) is 32.9 Å². The summed E-state index contributed by atoms with van der Waals surface area (Å²) in [5, 5.41) is 12.1. The number of pyridine rings is 1. The summed E-state index contributed by atoms with van der Waals surface area (Å²) in [6, 6.07) is 5.36. The number of aromatic nitrogens is 2. The Morgan fingerprint density at radius 2 is 1.82 bits per heavy atom. The first-order valence-electron chi connectivity index (χ1n) is 10.5. The number of carbonyl (C=O) groups is 2. The zero-order valence-corrected chi connectivity index (χ0v) is 16.0. The third kappa shape index (κ3) is 3.29. The van der Waals surface area contributed by atoms with E-state index in [4.69, 9.17) is 5.11 Å². The molecule has 6 nitrogen and oxygen atoms in total. The molecule has 28 heavy (non-hydrogen) atoms. The fraction of sp³-hybridized carbons (Fsp3) is 0.591. The van der Waals surface area contributed by atoms with E-state index in [-0.39, 0.29) is 12.3 Å². The third-order valence-corrected chi connectivity index (χ3v) is 7.20. The van der Waals surface area contributed by atoms with Crippen molar-refractivity contribution in [2.45, 2.75) is 44.9 Å². The van der Waals surface area contributed by atoms with Crippen LogP contribution in [0.4, 0.5) is 0 Å². The molecule has 148 valence electrons. The maximum Gasteiger partial charge on any atom is 0.309 e. The number of carboxylic acid groups (broad SMARTS) is 1. The Bertz CT molecular complexity index is 919. The maximum atomic E-state index is 12.9. The molecule has 0 saturated heterocycles. The first kappa shape index (κ1) is 17.7. The Morgan fingerprint density at radius 3 is 2.61 bits per heavy atom. The highest BCUT2D eigenvalue weighted by atomic mass is 16.4. The molecule has 5 unspecified atom stereocenters. The summed E-state index contributed by atoms with van der Waals surface area (Å²) in [7, 11) is 0. The summed E-state index contributed by atoms with van der Waals surface area (Å²) in [6.07, 6.45) is 9.69. The molecule has 3 aliphatic carbocycles. The Kier molecular flexibility index (Phi) is 4.37. The molecule has 3 bridgehead atoms. The first-order chi connectivity index (χ1) is 13.5. The quantitative estimate of drug-likeness (QED) is 0.833. The second kappa shape index (κ2) is 6.90. The summed E-state index contributed by atoms with van der Waals surface area (Å²) < 4.78 is 1.70. The van der Waals surface area contributed by atoms with E-state index in [1.165, 1.54) is 38.5 Å². The number of fused-ring (bicyclic) bond motifs is 3. The van der Waals surface area contributed by atoms with Crippen LogP contribution in [0.2, 0.25) is 0 Å². The van der Waals surface area contributed by atoms with Gasteiger partial charge >= 0.3 is 5.97 Å². The minimum absolute atomic E-state index is 0.108. The van der Waals surface area contributed by atoms with Gasteiger partial charge in [0.1, 0.15) is 11.3 Å². The van der Waals surface area contributed by atoms with E-state index in [0.717, 1.165) is 30.2 Å². The van der Waals surface area contributed by atoms with Crippen molar-refractivity contribution < 1.29 is 14.7 Å². The smallest absolute Gasteiger partial charge is 0.309 e. The van der Waals surface area contributed by atoms with E-state index < -0.39 is 5.97 Å². The number of aliphatic carboxylic acids is 1. The number of carboxylic acids is 1. The van der Waals surface area contributed by atoms with Gasteiger partial charge in [0, 0.05) is 12.7 Å². The summed E-state index contributed by atoms with van der Waals surface area (Å²) in [5.74, 6) is 3.19. The molecule has 0 radical (unpaired) electrons. The van der Waals surface area contributed by atoms with Crippen LogP contribution < -0.4 is 5.32 Å². The normalized spacial score (nSPS) is 31.1. The average Bonchev–Trinajstić information content (AvgIpc) is 3.14. The molecule has 3 fully saturated rings. The topological polar surface area (TPSA) is 83.7 Å². The molecular formula is C22H27N3O3. The number of carbonyl (C=O) groups excluding carboxylic acids is 1. The number of amides is 1. The molecule has 5 atom stereocenters. The van der Waals surface area contributed by atoms with Crippen LogP contribution in [0.5, 0.6) is 0 Å². The second-order valence-electron chi connectivity index (χ2n) is 9.18. The summed E-state index contributed by atoms with van der Waals surface area (Å²) >= 11 is 0. The van der Waals surface area contributed by atoms with Gasteiger partial charge in [-0.1, -0.05) is 6.07 Å². The van der Waals surface area contributed by atoms with Crippen LogP contribution in [0.1, 0.15) is 54.7 Å². The maximum absolute atomic E-state index is 12.9. The number of nitrogens with zero attached hydrogens (tertiary/aromatic N) is 2. The molecule has 0 aliphatic heterocycles. The van der Waals surface area contributed by atoms with Crippen molar-refractivity contribution in [3.8, 4) is 0 Å². The third-order valence-electron chi connectivity index (χ3n) is 7.20. The highest BCUT2D eigenvalue weighted by Crippen LogP contribution is 2.54. The zero-order valence-electron chi connectivity index (χ0n) is 16.0. The van der Waals surface area contributed by atoms with Crippen LogP contribution in [-0.2, 0) is 11.2 Å². The molecule has 5 rings (SSSR count). The highest BCUT2D eigenvalue weighted by molar-refractivity contribution is 5.93. The SMILES string of the molecule is O=C(O)Cc1cn2c(C(=O)NCC3CC4CC5CC(C3)C(C4)C5)cccc2n1. The molecule has 2 aromatic heterocycles. The zero-order chi connectivity index (χ0) is 19.3. The average molecular weight is 381 g/mol. The fourth-order valence-corrected chi connectivity index (χ4v) is 6.27. The van der Waals surface area contributed by atoms with Gasteiger partial charge in [0.05, 0.1) is 12.1 Å². The standard InChI is InChI=1S/C22H27N3O3/c26-21(27)10-18-12-25-19(2-1-3-20(25)24-18)22(28)23-11-15-5-13-4-14-7-16(6-13)17(8-14)9-15/h1-3,12-17H,4-11H2,(H,23,28)(H,26,27). The van der Waals surface area contributed by atoms with Gasteiger partial charge in [-0.25, -0.2) is 4.98 Å². The van der Waals surface area contributed by atoms with E-state index >= 15 is 0 Å². The van der Waals surface area contributed by atoms with Crippen molar-refractivity contribution in [3.05, 3.63) is 35.8 Å². The van der Waals surface area contributed by atoms with Crippen molar-refractivity contribution in [1.82, 2.24) is 14.7 Å². The van der Waals surface area contributed by atoms with E-state index in [1.54, 1.807) is 28.8 Å². The van der Waals surface area contributed by atoms with Crippen molar-refractivity contribution in [1.29, 1.82) is 0 Å². The van der Waals surface area contributed by atoms with Crippen molar-refractivity contribution in [3.63, 3.8) is 0 Å². The molecule has 2 heterocycles. The molecule has 2 aromatic rings. The largest absolute Gasteiger partial charge is 0.481 e. The molecule has 1 amide bonds. The number of nitrogens with one attached hydrogen (secondary N) is 1. The van der Waals surface area contributed by atoms with E-state index in [2.05, 4.69) is 10.3 Å². The van der Waals surface area contributed by atoms with E-state index in [1.807, 2.05) is 0 Å². The van der Waals surface area contributed by atoms with E-state index in [9.17, 15) is 9.59 Å². The van der Waals surface area contributed by atoms with Crippen LogP contribution in [0, 0.1) is 29.6 Å². The van der Waals surface area contributed by atoms with Crippen molar-refractivity contribution in [2.75, 3.05) is 6.54 Å². The van der Waals surface area contributed by atoms with Crippen molar-refractivity contribution in [2.24, 2.45) is 29.6 Å². The van der Waals surface area contributed by atoms with Gasteiger partial charge < -0.3 is 10.4 Å². The molecular weight excluding hydrogens is 354 g/mol. The lowest BCUT2D eigenvalue weighted by molar-refractivity contribution is -0.136. The summed E-state index contributed by atoms with van der Waals surface area (Å²) in [4.78, 5) is 28.1. The van der Waals surface area contributed by atoms with Crippen molar-refractivity contribution >= 4 is 17.5 Å². The lowest BCUT2D eigenvalue weighted by Crippen LogP contribution is -2.32. The number of rotatable bonds is 5. The monoisotopic (exact) mass is 381 g/mol. The van der Waals surface area contributed by atoms with Gasteiger partial charge in [-0.3, -0.25) is 14.0 Å². The summed E-state index contributed by atoms with van der Waals surface area (Å²) in [5.41, 5.74) is 1.58. The Balaban J connectivity index is 1.28. The molecule has 0 spiro atoms. The molecule has 3 saturated carbocycles. The number of hydrogen-bond donors (Lipinski definition) is 2. The molecule has 0 aromatic carbocycles. The lowest BCUT2D eigenvalue weighted by Gasteiger charge is -2.28. The Morgan fingerprint density at radius 1 is 1.07 bits per heavy atom. The lowest BCUT2D eigenvalue weighted by atomic mass is 9.78. The fourth-order valence-electron chi connectivity index (χ4n) is 6.27. The summed E-state index contributed by atoms with van der Waals surface area (Å²) in [6.45, 7) is 0.732. The van der Waals surface area contributed by atoms with Gasteiger partial charge in [0.25, 0.3) is 5.91 Å². The van der Waals surface area contributed by atoms with Gasteiger partial charge in [0.2, 0.25) is 0 Å². The molecule has 2 N–H and O–H groups in total. The first-order valence-corrected chi connectivity index (χ1v) is 10.5. The number of hydrogen-bond acceptors (Lipinski definition) is 3. The molecule has 6 heteroatoms. The molecule has 3 aliphatic rings. The minimum Gasteiger partial charge on any atom is -0.481 e. The van der Waals surface area contributed by atoms with Gasteiger partial charge in [-0.2, -0.15) is 0 Å². The van der Waals surface area contributed by atoms with Gasteiger partial charge in [-0.05, 0) is 80.2 Å². The Labute approximate surface area is 164 Å². The highest BCUT2D eigenvalue weighted by Gasteiger charge is 2.44. The predicted octanol–water partition coefficient (Wildman–Crippen LogP) is 3.15. The van der Waals surface area contributed by atoms with Gasteiger partial charge in [0.15, 0.2) is 0 Å². The number of imidazole rings is 1. The van der Waals surface area contributed by atoms with Gasteiger partial charge in [-0.15, -0.1) is 0 Å². The second-order valence-corrected chi connectivity index (χ2v) is 9.18. The minimum atomic E-state index is -0.925.